The molecule has 5 N–H and O–H groups in total. The molecule has 1 fully saturated rings. The molecule has 1 aliphatic heterocycles. The summed E-state index contributed by atoms with van der Waals surface area (Å²) < 4.78 is 11.5. The van der Waals surface area contributed by atoms with Gasteiger partial charge in [0.1, 0.15) is 24.4 Å². The average molecular weight is 495 g/mol. The molecule has 190 valence electrons. The predicted molar refractivity (Wildman–Crippen MR) is 134 cm³/mol. The summed E-state index contributed by atoms with van der Waals surface area (Å²) in [5.41, 5.74) is 2.21. The normalized spacial score (nSPS) is 22.2. The van der Waals surface area contributed by atoms with Gasteiger partial charge in [0, 0.05) is 35.8 Å². The zero-order valence-electron chi connectivity index (χ0n) is 19.9. The monoisotopic (exact) mass is 494 g/mol. The van der Waals surface area contributed by atoms with E-state index in [1.54, 1.807) is 24.1 Å². The largest absolute Gasteiger partial charge is 0.493 e. The molecule has 0 radical (unpaired) electrons. The van der Waals surface area contributed by atoms with E-state index in [0.29, 0.717) is 42.4 Å². The minimum atomic E-state index is -1.28. The summed E-state index contributed by atoms with van der Waals surface area (Å²) in [4.78, 5) is 10.5. The highest BCUT2D eigenvalue weighted by Crippen LogP contribution is 2.35. The molecule has 0 unspecified atom stereocenters. The summed E-state index contributed by atoms with van der Waals surface area (Å²) in [5.74, 6) is 4.23. The first-order valence-electron chi connectivity index (χ1n) is 11.6. The topological polar surface area (TPSA) is 140 Å². The van der Waals surface area contributed by atoms with Crippen LogP contribution in [0.15, 0.2) is 42.7 Å². The van der Waals surface area contributed by atoms with Gasteiger partial charge in [-0.1, -0.05) is 12.0 Å². The summed E-state index contributed by atoms with van der Waals surface area (Å²) in [7, 11) is 1.55. The fourth-order valence-corrected chi connectivity index (χ4v) is 4.34. The van der Waals surface area contributed by atoms with Crippen LogP contribution in [0.25, 0.3) is 10.9 Å². The van der Waals surface area contributed by atoms with Crippen molar-refractivity contribution in [1.29, 1.82) is 0 Å². The highest BCUT2D eigenvalue weighted by Gasteiger charge is 2.40. The van der Waals surface area contributed by atoms with Gasteiger partial charge in [-0.15, -0.1) is 6.42 Å². The Balaban J connectivity index is 1.45. The van der Waals surface area contributed by atoms with E-state index in [4.69, 9.17) is 15.9 Å². The summed E-state index contributed by atoms with van der Waals surface area (Å²) in [6, 6.07) is 10.4. The van der Waals surface area contributed by atoms with E-state index >= 15 is 0 Å². The van der Waals surface area contributed by atoms with Gasteiger partial charge < -0.3 is 35.2 Å². The summed E-state index contributed by atoms with van der Waals surface area (Å²) >= 11 is 0. The number of aliphatic hydroxyl groups is 4. The molecule has 10 heteroatoms. The third kappa shape index (κ3) is 5.51. The number of nitrogens with zero attached hydrogens (tertiary/aromatic N) is 3. The maximum atomic E-state index is 10.1. The number of ether oxygens (including phenoxy) is 2. The third-order valence-corrected chi connectivity index (χ3v) is 6.28. The molecule has 3 aromatic rings. The maximum Gasteiger partial charge on any atom is 0.163 e. The zero-order valence-corrected chi connectivity index (χ0v) is 19.9. The number of methoxy groups -OCH3 is 1. The standard InChI is InChI=1S/C26H30N4O6/c1-3-16-6-4-7-17(10-16)29-26-18-11-22(35-2)23(12-19(18)27-15-28-26)36-9-5-8-30-13-21(32)25(34)24(33)20(30)14-31/h1,4,6-7,10-12,15,20-21,24-25,31-34H,5,8-9,13-14H2,2H3,(H,27,28,29)/t20-,21+,24-,25-/m1/s1. The van der Waals surface area contributed by atoms with Crippen molar-refractivity contribution >= 4 is 22.4 Å². The van der Waals surface area contributed by atoms with Gasteiger partial charge in [0.05, 0.1) is 38.0 Å². The Morgan fingerprint density at radius 2 is 1.97 bits per heavy atom. The fraction of sp³-hybridized carbons (Fsp3) is 0.385. The lowest BCUT2D eigenvalue weighted by Gasteiger charge is -2.43. The number of rotatable bonds is 9. The van der Waals surface area contributed by atoms with Crippen LogP contribution in [0.2, 0.25) is 0 Å². The molecule has 36 heavy (non-hydrogen) atoms. The molecule has 0 bridgehead atoms. The van der Waals surface area contributed by atoms with E-state index in [2.05, 4.69) is 21.2 Å². The summed E-state index contributed by atoms with van der Waals surface area (Å²) in [6.07, 6.45) is 3.93. The molecular formula is C26H30N4O6. The Labute approximate surface area is 209 Å². The van der Waals surface area contributed by atoms with Gasteiger partial charge in [-0.05, 0) is 30.7 Å². The van der Waals surface area contributed by atoms with Gasteiger partial charge in [-0.2, -0.15) is 0 Å². The van der Waals surface area contributed by atoms with E-state index < -0.39 is 24.4 Å². The number of likely N-dealkylation sites (tertiary alicyclic amines) is 1. The van der Waals surface area contributed by atoms with Crippen molar-refractivity contribution in [2.45, 2.75) is 30.8 Å². The Morgan fingerprint density at radius 1 is 1.14 bits per heavy atom. The van der Waals surface area contributed by atoms with E-state index in [-0.39, 0.29) is 13.2 Å². The van der Waals surface area contributed by atoms with Crippen molar-refractivity contribution < 1.29 is 29.9 Å². The van der Waals surface area contributed by atoms with Crippen molar-refractivity contribution in [3.05, 3.63) is 48.3 Å². The zero-order chi connectivity index (χ0) is 25.7. The van der Waals surface area contributed by atoms with Crippen LogP contribution >= 0.6 is 0 Å². The van der Waals surface area contributed by atoms with Crippen molar-refractivity contribution in [3.63, 3.8) is 0 Å². The van der Waals surface area contributed by atoms with Gasteiger partial charge in [0.15, 0.2) is 11.5 Å². The highest BCUT2D eigenvalue weighted by atomic mass is 16.5. The molecule has 1 aromatic heterocycles. The van der Waals surface area contributed by atoms with Crippen LogP contribution in [0.1, 0.15) is 12.0 Å². The first-order valence-corrected chi connectivity index (χ1v) is 11.6. The van der Waals surface area contributed by atoms with Crippen molar-refractivity contribution in [2.75, 3.05) is 38.7 Å². The summed E-state index contributed by atoms with van der Waals surface area (Å²) in [5, 5.41) is 43.6. The number of aliphatic hydroxyl groups excluding tert-OH is 4. The van der Waals surface area contributed by atoms with E-state index in [1.165, 1.54) is 6.33 Å². The van der Waals surface area contributed by atoms with E-state index in [0.717, 1.165) is 16.6 Å². The number of anilines is 2. The van der Waals surface area contributed by atoms with Crippen molar-refractivity contribution in [2.24, 2.45) is 0 Å². The molecule has 1 aliphatic rings. The lowest BCUT2D eigenvalue weighted by atomic mass is 9.94. The van der Waals surface area contributed by atoms with Crippen LogP contribution in [0.5, 0.6) is 11.5 Å². The van der Waals surface area contributed by atoms with Gasteiger partial charge in [-0.25, -0.2) is 9.97 Å². The molecular weight excluding hydrogens is 464 g/mol. The number of hydrogen-bond acceptors (Lipinski definition) is 10. The molecule has 0 aliphatic carbocycles. The Hall–Kier alpha value is -3.46. The lowest BCUT2D eigenvalue weighted by molar-refractivity contribution is -0.145. The van der Waals surface area contributed by atoms with Crippen LogP contribution in [-0.4, -0.2) is 93.1 Å². The number of fused-ring (bicyclic) bond motifs is 1. The van der Waals surface area contributed by atoms with Crippen molar-refractivity contribution in [1.82, 2.24) is 14.9 Å². The Morgan fingerprint density at radius 3 is 2.72 bits per heavy atom. The smallest absolute Gasteiger partial charge is 0.163 e. The maximum absolute atomic E-state index is 10.1. The van der Waals surface area contributed by atoms with E-state index in [1.807, 2.05) is 24.3 Å². The first-order chi connectivity index (χ1) is 17.4. The van der Waals surface area contributed by atoms with E-state index in [9.17, 15) is 20.4 Å². The average Bonchev–Trinajstić information content (AvgIpc) is 2.89. The number of β-amino-alcohol motifs (C(OH)–C–C–N with tert-alkyl or cyclic N) is 1. The first kappa shape index (κ1) is 25.6. The molecule has 10 nitrogen and oxygen atoms in total. The second kappa shape index (κ2) is 11.5. The molecule has 4 rings (SSSR count). The minimum Gasteiger partial charge on any atom is -0.493 e. The highest BCUT2D eigenvalue weighted by molar-refractivity contribution is 5.93. The van der Waals surface area contributed by atoms with Gasteiger partial charge in [-0.3, -0.25) is 4.90 Å². The van der Waals surface area contributed by atoms with Crippen molar-refractivity contribution in [3.8, 4) is 23.8 Å². The molecule has 2 heterocycles. The quantitative estimate of drug-likeness (QED) is 0.215. The number of nitrogens with one attached hydrogen (secondary N) is 1. The van der Waals surface area contributed by atoms with Crippen LogP contribution in [0.3, 0.4) is 0 Å². The molecule has 1 saturated heterocycles. The Kier molecular flexibility index (Phi) is 8.20. The predicted octanol–water partition coefficient (Wildman–Crippen LogP) is 0.891. The third-order valence-electron chi connectivity index (χ3n) is 6.28. The van der Waals surface area contributed by atoms with Crippen LogP contribution in [-0.2, 0) is 0 Å². The van der Waals surface area contributed by atoms with Crippen LogP contribution in [0.4, 0.5) is 11.5 Å². The number of aromatic nitrogens is 2. The van der Waals surface area contributed by atoms with Gasteiger partial charge in [0.2, 0.25) is 0 Å². The van der Waals surface area contributed by atoms with Gasteiger partial charge in [0.25, 0.3) is 0 Å². The molecule has 0 saturated carbocycles. The lowest BCUT2D eigenvalue weighted by Crippen LogP contribution is -2.62. The number of benzene rings is 2. The number of hydrogen-bond donors (Lipinski definition) is 5. The second-order valence-electron chi connectivity index (χ2n) is 8.59. The number of piperidine rings is 1. The minimum absolute atomic E-state index is 0.152. The summed E-state index contributed by atoms with van der Waals surface area (Å²) in [6.45, 7) is 0.600. The SMILES string of the molecule is C#Cc1cccc(Nc2ncnc3cc(OCCCN4C[C@H](O)[C@@H](O)[C@H](O)[C@H]4CO)c(OC)cc23)c1. The number of terminal acetylenes is 1. The second-order valence-corrected chi connectivity index (χ2v) is 8.59. The molecule has 2 aromatic carbocycles. The molecule has 0 amide bonds. The van der Waals surface area contributed by atoms with Gasteiger partial charge >= 0.3 is 0 Å². The molecule has 0 spiro atoms. The van der Waals surface area contributed by atoms with Crippen LogP contribution < -0.4 is 14.8 Å². The van der Waals surface area contributed by atoms with Crippen LogP contribution in [0, 0.1) is 12.3 Å². The Bertz CT molecular complexity index is 1230. The molecule has 4 atom stereocenters. The fourth-order valence-electron chi connectivity index (χ4n) is 4.34.